The van der Waals surface area contributed by atoms with Gasteiger partial charge in [0.25, 0.3) is 0 Å². The minimum absolute atomic E-state index is 0.207. The fourth-order valence-corrected chi connectivity index (χ4v) is 2.83. The van der Waals surface area contributed by atoms with Gasteiger partial charge in [-0.25, -0.2) is 4.79 Å². The third-order valence-corrected chi connectivity index (χ3v) is 3.81. The number of imidazole rings is 1. The van der Waals surface area contributed by atoms with E-state index in [-0.39, 0.29) is 18.0 Å². The van der Waals surface area contributed by atoms with Crippen LogP contribution in [-0.2, 0) is 11.8 Å². The van der Waals surface area contributed by atoms with Gasteiger partial charge in [0, 0.05) is 13.5 Å². The first kappa shape index (κ1) is 12.7. The Balaban J connectivity index is 2.22. The van der Waals surface area contributed by atoms with Crippen LogP contribution < -0.4 is 16.7 Å². The summed E-state index contributed by atoms with van der Waals surface area (Å²) in [6.07, 6.45) is -0.366. The molecule has 2 unspecified atom stereocenters. The van der Waals surface area contributed by atoms with E-state index < -0.39 is 12.3 Å². The predicted molar refractivity (Wildman–Crippen MR) is 74.0 cm³/mol. The number of nitrogens with two attached hydrogens (primary N) is 1. The van der Waals surface area contributed by atoms with Gasteiger partial charge < -0.3 is 16.2 Å². The summed E-state index contributed by atoms with van der Waals surface area (Å²) in [5.74, 6) is -0.207. The molecule has 2 heterocycles. The number of carbonyl (C=O) groups is 1. The molecule has 1 aliphatic heterocycles. The predicted octanol–water partition coefficient (Wildman–Crippen LogP) is -0.308. The highest BCUT2D eigenvalue weighted by molar-refractivity contribution is 5.88. The summed E-state index contributed by atoms with van der Waals surface area (Å²) >= 11 is 0. The summed E-state index contributed by atoms with van der Waals surface area (Å²) in [6, 6.07) is 4.80. The number of fused-ring (bicyclic) bond motifs is 1. The minimum Gasteiger partial charge on any atom is -0.397 e. The summed E-state index contributed by atoms with van der Waals surface area (Å²) in [5, 5.41) is 12.5. The molecule has 0 saturated carbocycles. The molecule has 1 fully saturated rings. The zero-order chi connectivity index (χ0) is 14.4. The molecule has 7 heteroatoms. The molecule has 2 atom stereocenters. The number of aromatic nitrogens is 2. The number of nitrogens with one attached hydrogen (secondary N) is 1. The molecule has 1 aromatic heterocycles. The van der Waals surface area contributed by atoms with Crippen LogP contribution >= 0.6 is 0 Å². The van der Waals surface area contributed by atoms with E-state index in [1.807, 2.05) is 0 Å². The molecular formula is C13H16N4O3. The summed E-state index contributed by atoms with van der Waals surface area (Å²) < 4.78 is 2.98. The highest BCUT2D eigenvalue weighted by atomic mass is 16.3. The van der Waals surface area contributed by atoms with Crippen LogP contribution in [0.15, 0.2) is 23.0 Å². The number of hydrogen-bond donors (Lipinski definition) is 3. The zero-order valence-corrected chi connectivity index (χ0v) is 11.0. The van der Waals surface area contributed by atoms with E-state index in [1.54, 1.807) is 25.2 Å². The lowest BCUT2D eigenvalue weighted by Gasteiger charge is -2.29. The van der Waals surface area contributed by atoms with Crippen LogP contribution in [0.3, 0.4) is 0 Å². The number of nitrogens with zero attached hydrogens (tertiary/aromatic N) is 2. The molecule has 1 aliphatic rings. The fraction of sp³-hybridized carbons (Fsp3) is 0.385. The Bertz CT molecular complexity index is 746. The first-order valence-electron chi connectivity index (χ1n) is 6.43. The van der Waals surface area contributed by atoms with Crippen LogP contribution in [0.25, 0.3) is 11.0 Å². The van der Waals surface area contributed by atoms with Crippen molar-refractivity contribution in [3.63, 3.8) is 0 Å². The Hall–Kier alpha value is -2.28. The molecule has 20 heavy (non-hydrogen) atoms. The van der Waals surface area contributed by atoms with Crippen molar-refractivity contribution in [2.24, 2.45) is 7.05 Å². The van der Waals surface area contributed by atoms with Gasteiger partial charge in [-0.3, -0.25) is 13.9 Å². The second-order valence-corrected chi connectivity index (χ2v) is 5.04. The van der Waals surface area contributed by atoms with Gasteiger partial charge in [0.2, 0.25) is 5.91 Å². The number of piperidine rings is 1. The molecule has 7 nitrogen and oxygen atoms in total. The Morgan fingerprint density at radius 1 is 1.40 bits per heavy atom. The molecule has 2 aromatic rings. The normalized spacial score (nSPS) is 23.0. The van der Waals surface area contributed by atoms with E-state index in [9.17, 15) is 14.7 Å². The zero-order valence-electron chi connectivity index (χ0n) is 11.0. The summed E-state index contributed by atoms with van der Waals surface area (Å²) in [7, 11) is 1.64. The first-order chi connectivity index (χ1) is 9.50. The standard InChI is InChI=1S/C13H16N4O3/c1-16-11-7(14)3-2-4-8(11)17(13(16)20)9-5-6-10(18)15-12(9)19/h2-4,9,12,19H,5-6,14H2,1H3,(H,15,18). The average molecular weight is 276 g/mol. The largest absolute Gasteiger partial charge is 0.397 e. The molecule has 4 N–H and O–H groups in total. The van der Waals surface area contributed by atoms with Gasteiger partial charge in [0.05, 0.1) is 22.8 Å². The van der Waals surface area contributed by atoms with Gasteiger partial charge in [-0.05, 0) is 18.6 Å². The Morgan fingerprint density at radius 2 is 2.15 bits per heavy atom. The quantitative estimate of drug-likeness (QED) is 0.622. The van der Waals surface area contributed by atoms with Crippen LogP contribution in [0.5, 0.6) is 0 Å². The van der Waals surface area contributed by atoms with Gasteiger partial charge in [-0.15, -0.1) is 0 Å². The van der Waals surface area contributed by atoms with Crippen LogP contribution in [-0.4, -0.2) is 26.4 Å². The van der Waals surface area contributed by atoms with Crippen LogP contribution in [0.2, 0.25) is 0 Å². The second kappa shape index (κ2) is 4.38. The molecule has 0 bridgehead atoms. The lowest BCUT2D eigenvalue weighted by atomic mass is 10.0. The maximum absolute atomic E-state index is 12.4. The van der Waals surface area contributed by atoms with E-state index >= 15 is 0 Å². The number of aliphatic hydroxyl groups is 1. The molecule has 1 amide bonds. The van der Waals surface area contributed by atoms with Crippen molar-refractivity contribution < 1.29 is 9.90 Å². The minimum atomic E-state index is -1.07. The van der Waals surface area contributed by atoms with E-state index in [0.717, 1.165) is 0 Å². The monoisotopic (exact) mass is 276 g/mol. The number of rotatable bonds is 1. The first-order valence-corrected chi connectivity index (χ1v) is 6.43. The summed E-state index contributed by atoms with van der Waals surface area (Å²) in [4.78, 5) is 23.7. The number of hydrogen-bond acceptors (Lipinski definition) is 4. The van der Waals surface area contributed by atoms with E-state index in [4.69, 9.17) is 5.73 Å². The number of carbonyl (C=O) groups excluding carboxylic acids is 1. The maximum Gasteiger partial charge on any atom is 0.329 e. The Morgan fingerprint density at radius 3 is 2.85 bits per heavy atom. The lowest BCUT2D eigenvalue weighted by Crippen LogP contribution is -2.47. The second-order valence-electron chi connectivity index (χ2n) is 5.04. The summed E-state index contributed by atoms with van der Waals surface area (Å²) in [6.45, 7) is 0. The van der Waals surface area contributed by atoms with Crippen molar-refractivity contribution in [1.82, 2.24) is 14.5 Å². The van der Waals surface area contributed by atoms with E-state index in [0.29, 0.717) is 23.1 Å². The van der Waals surface area contributed by atoms with Gasteiger partial charge in [-0.2, -0.15) is 0 Å². The molecule has 0 spiro atoms. The number of nitrogen functional groups attached to an aromatic ring is 1. The van der Waals surface area contributed by atoms with Gasteiger partial charge in [-0.1, -0.05) is 6.07 Å². The van der Waals surface area contributed by atoms with Gasteiger partial charge in [0.15, 0.2) is 0 Å². The highest BCUT2D eigenvalue weighted by Gasteiger charge is 2.31. The topological polar surface area (TPSA) is 102 Å². The van der Waals surface area contributed by atoms with Crippen LogP contribution in [0, 0.1) is 0 Å². The van der Waals surface area contributed by atoms with E-state index in [2.05, 4.69) is 5.32 Å². The molecule has 1 aromatic carbocycles. The van der Waals surface area contributed by atoms with Crippen molar-refractivity contribution in [3.05, 3.63) is 28.7 Å². The highest BCUT2D eigenvalue weighted by Crippen LogP contribution is 2.27. The van der Waals surface area contributed by atoms with Crippen molar-refractivity contribution in [2.45, 2.75) is 25.1 Å². The third kappa shape index (κ3) is 1.70. The Labute approximate surface area is 114 Å². The maximum atomic E-state index is 12.4. The molecule has 0 aliphatic carbocycles. The van der Waals surface area contributed by atoms with Gasteiger partial charge in [0.1, 0.15) is 6.23 Å². The molecular weight excluding hydrogens is 260 g/mol. The Kier molecular flexibility index (Phi) is 2.79. The number of para-hydroxylation sites is 1. The van der Waals surface area contributed by atoms with Crippen molar-refractivity contribution in [2.75, 3.05) is 5.73 Å². The molecule has 106 valence electrons. The summed E-state index contributed by atoms with van der Waals surface area (Å²) in [5.41, 5.74) is 7.48. The van der Waals surface area contributed by atoms with Crippen molar-refractivity contribution in [1.29, 1.82) is 0 Å². The number of amides is 1. The van der Waals surface area contributed by atoms with Crippen LogP contribution in [0.4, 0.5) is 5.69 Å². The number of benzene rings is 1. The fourth-order valence-electron chi connectivity index (χ4n) is 2.83. The molecule has 1 saturated heterocycles. The lowest BCUT2D eigenvalue weighted by molar-refractivity contribution is -0.128. The van der Waals surface area contributed by atoms with Gasteiger partial charge >= 0.3 is 5.69 Å². The van der Waals surface area contributed by atoms with Crippen LogP contribution in [0.1, 0.15) is 18.9 Å². The third-order valence-electron chi connectivity index (χ3n) is 3.81. The SMILES string of the molecule is Cn1c(=O)n(C2CCC(=O)NC2O)c2cccc(N)c21. The van der Waals surface area contributed by atoms with Crippen molar-refractivity contribution in [3.8, 4) is 0 Å². The number of anilines is 1. The molecule has 3 rings (SSSR count). The average Bonchev–Trinajstić information content (AvgIpc) is 2.64. The number of aliphatic hydroxyl groups excluding tert-OH is 1. The number of aryl methyl sites for hydroxylation is 1. The van der Waals surface area contributed by atoms with E-state index in [1.165, 1.54) is 9.13 Å². The van der Waals surface area contributed by atoms with Crippen molar-refractivity contribution >= 4 is 22.6 Å². The smallest absolute Gasteiger partial charge is 0.329 e. The molecule has 0 radical (unpaired) electrons.